The Hall–Kier alpha value is -1.33. The van der Waals surface area contributed by atoms with Crippen LogP contribution in [0.5, 0.6) is 0 Å². The topological polar surface area (TPSA) is 33.0 Å². The summed E-state index contributed by atoms with van der Waals surface area (Å²) in [4.78, 5) is 0. The zero-order chi connectivity index (χ0) is 18.2. The fourth-order valence-electron chi connectivity index (χ4n) is 4.94. The van der Waals surface area contributed by atoms with Crippen molar-refractivity contribution < 1.29 is 4.74 Å². The summed E-state index contributed by atoms with van der Waals surface area (Å²) < 4.78 is 6.19. The van der Waals surface area contributed by atoms with Crippen LogP contribution in [-0.2, 0) is 4.74 Å². The van der Waals surface area contributed by atoms with Crippen molar-refractivity contribution in [3.8, 4) is 6.07 Å². The third-order valence-electron chi connectivity index (χ3n) is 6.84. The van der Waals surface area contributed by atoms with Gasteiger partial charge in [-0.3, -0.25) is 0 Å². The summed E-state index contributed by atoms with van der Waals surface area (Å²) in [5, 5.41) is 8.92. The van der Waals surface area contributed by atoms with Crippen molar-refractivity contribution in [1.82, 2.24) is 0 Å². The van der Waals surface area contributed by atoms with E-state index >= 15 is 0 Å². The summed E-state index contributed by atoms with van der Waals surface area (Å²) in [7, 11) is 0. The quantitative estimate of drug-likeness (QED) is 0.517. The predicted molar refractivity (Wildman–Crippen MR) is 107 cm³/mol. The molecule has 142 valence electrons. The molecule has 2 fully saturated rings. The lowest BCUT2D eigenvalue weighted by atomic mass is 9.79. The molecule has 1 aromatic rings. The van der Waals surface area contributed by atoms with Gasteiger partial charge in [-0.25, -0.2) is 0 Å². The van der Waals surface area contributed by atoms with Gasteiger partial charge in [0, 0.05) is 6.61 Å². The molecule has 0 radical (unpaired) electrons. The molecule has 0 aliphatic heterocycles. The zero-order valence-electron chi connectivity index (χ0n) is 16.5. The molecule has 0 aromatic heterocycles. The number of rotatable bonds is 7. The van der Waals surface area contributed by atoms with E-state index in [0.29, 0.717) is 12.0 Å². The molecule has 0 unspecified atom stereocenters. The number of nitrogens with zero attached hydrogens (tertiary/aromatic N) is 1. The van der Waals surface area contributed by atoms with Crippen LogP contribution in [0.15, 0.2) is 24.3 Å². The average Bonchev–Trinajstić information content (AvgIpc) is 2.72. The molecule has 26 heavy (non-hydrogen) atoms. The van der Waals surface area contributed by atoms with Crippen LogP contribution in [0.1, 0.15) is 94.6 Å². The molecule has 0 bridgehead atoms. The lowest BCUT2D eigenvalue weighted by Gasteiger charge is -2.30. The van der Waals surface area contributed by atoms with Crippen LogP contribution in [0, 0.1) is 23.2 Å². The monoisotopic (exact) mass is 353 g/mol. The minimum Gasteiger partial charge on any atom is -0.378 e. The second-order valence-corrected chi connectivity index (χ2v) is 8.52. The van der Waals surface area contributed by atoms with Gasteiger partial charge < -0.3 is 4.74 Å². The first-order valence-electron chi connectivity index (χ1n) is 10.9. The van der Waals surface area contributed by atoms with Gasteiger partial charge in [0.05, 0.1) is 17.7 Å². The average molecular weight is 354 g/mol. The van der Waals surface area contributed by atoms with Crippen LogP contribution in [0.4, 0.5) is 0 Å². The highest BCUT2D eigenvalue weighted by atomic mass is 16.5. The van der Waals surface area contributed by atoms with Crippen molar-refractivity contribution in [3.05, 3.63) is 35.4 Å². The van der Waals surface area contributed by atoms with Crippen LogP contribution in [-0.4, -0.2) is 12.7 Å². The van der Waals surface area contributed by atoms with Gasteiger partial charge in [-0.1, -0.05) is 51.2 Å². The molecule has 2 saturated carbocycles. The fraction of sp³-hybridized carbons (Fsp3) is 0.708. The second kappa shape index (κ2) is 10.1. The molecule has 0 spiro atoms. The Morgan fingerprint density at radius 2 is 1.58 bits per heavy atom. The van der Waals surface area contributed by atoms with Gasteiger partial charge in [0.15, 0.2) is 0 Å². The highest BCUT2D eigenvalue weighted by Crippen LogP contribution is 2.35. The van der Waals surface area contributed by atoms with Crippen LogP contribution in [0.25, 0.3) is 0 Å². The zero-order valence-corrected chi connectivity index (χ0v) is 16.5. The number of hydrogen-bond donors (Lipinski definition) is 0. The molecule has 3 rings (SSSR count). The third kappa shape index (κ3) is 5.58. The van der Waals surface area contributed by atoms with Crippen molar-refractivity contribution in [2.24, 2.45) is 11.8 Å². The van der Waals surface area contributed by atoms with Crippen LogP contribution in [0.3, 0.4) is 0 Å². The van der Waals surface area contributed by atoms with Gasteiger partial charge in [0.25, 0.3) is 0 Å². The summed E-state index contributed by atoms with van der Waals surface area (Å²) in [5.74, 6) is 2.62. The smallest absolute Gasteiger partial charge is 0.0991 e. The van der Waals surface area contributed by atoms with Gasteiger partial charge in [-0.05, 0) is 74.0 Å². The Kier molecular flexibility index (Phi) is 7.56. The molecule has 0 amide bonds. The Balaban J connectivity index is 1.29. The number of hydrogen-bond acceptors (Lipinski definition) is 2. The minimum absolute atomic E-state index is 0.473. The normalized spacial score (nSPS) is 29.2. The van der Waals surface area contributed by atoms with E-state index in [1.165, 1.54) is 76.2 Å². The molecular weight excluding hydrogens is 318 g/mol. The molecule has 2 aliphatic rings. The van der Waals surface area contributed by atoms with E-state index in [0.717, 1.165) is 24.0 Å². The summed E-state index contributed by atoms with van der Waals surface area (Å²) in [6.07, 6.45) is 15.1. The summed E-state index contributed by atoms with van der Waals surface area (Å²) in [6, 6.07) is 10.4. The van der Waals surface area contributed by atoms with E-state index in [1.54, 1.807) is 0 Å². The maximum Gasteiger partial charge on any atom is 0.0991 e. The SMILES string of the molecule is CC[C@H]1CC[C@H](CCCO[C@H]2CC[C@H](c3ccc(C#N)cc3)CC2)CC1. The Labute approximate surface area is 159 Å². The Morgan fingerprint density at radius 1 is 0.923 bits per heavy atom. The van der Waals surface area contributed by atoms with E-state index < -0.39 is 0 Å². The van der Waals surface area contributed by atoms with Crippen molar-refractivity contribution >= 4 is 0 Å². The maximum absolute atomic E-state index is 8.92. The number of ether oxygens (including phenoxy) is 1. The molecule has 2 aliphatic carbocycles. The van der Waals surface area contributed by atoms with Crippen molar-refractivity contribution in [3.63, 3.8) is 0 Å². The first kappa shape index (κ1) is 19.4. The van der Waals surface area contributed by atoms with Crippen LogP contribution >= 0.6 is 0 Å². The van der Waals surface area contributed by atoms with Crippen LogP contribution < -0.4 is 0 Å². The maximum atomic E-state index is 8.92. The first-order valence-corrected chi connectivity index (χ1v) is 10.9. The van der Waals surface area contributed by atoms with Crippen molar-refractivity contribution in [2.75, 3.05) is 6.61 Å². The van der Waals surface area contributed by atoms with Crippen molar-refractivity contribution in [2.45, 2.75) is 89.6 Å². The summed E-state index contributed by atoms with van der Waals surface area (Å²) >= 11 is 0. The molecule has 2 nitrogen and oxygen atoms in total. The minimum atomic E-state index is 0.473. The molecule has 0 N–H and O–H groups in total. The lowest BCUT2D eigenvalue weighted by molar-refractivity contribution is 0.0205. The summed E-state index contributed by atoms with van der Waals surface area (Å²) in [5.41, 5.74) is 2.15. The molecule has 1 aromatic carbocycles. The summed E-state index contributed by atoms with van der Waals surface area (Å²) in [6.45, 7) is 3.30. The van der Waals surface area contributed by atoms with Gasteiger partial charge >= 0.3 is 0 Å². The highest BCUT2D eigenvalue weighted by Gasteiger charge is 2.23. The van der Waals surface area contributed by atoms with Crippen LogP contribution in [0.2, 0.25) is 0 Å². The fourth-order valence-corrected chi connectivity index (χ4v) is 4.94. The Bertz CT molecular complexity index is 557. The largest absolute Gasteiger partial charge is 0.378 e. The van der Waals surface area contributed by atoms with E-state index in [1.807, 2.05) is 12.1 Å². The molecule has 0 saturated heterocycles. The molecule has 0 heterocycles. The number of benzene rings is 1. The third-order valence-corrected chi connectivity index (χ3v) is 6.84. The first-order chi connectivity index (χ1) is 12.8. The van der Waals surface area contributed by atoms with E-state index in [9.17, 15) is 0 Å². The van der Waals surface area contributed by atoms with Gasteiger partial charge in [0.2, 0.25) is 0 Å². The highest BCUT2D eigenvalue weighted by molar-refractivity contribution is 5.33. The lowest BCUT2D eigenvalue weighted by Crippen LogP contribution is -2.21. The van der Waals surface area contributed by atoms with Gasteiger partial charge in [-0.15, -0.1) is 0 Å². The van der Waals surface area contributed by atoms with E-state index in [4.69, 9.17) is 10.00 Å². The second-order valence-electron chi connectivity index (χ2n) is 8.52. The van der Waals surface area contributed by atoms with Crippen molar-refractivity contribution in [1.29, 1.82) is 5.26 Å². The molecule has 2 heteroatoms. The Morgan fingerprint density at radius 3 is 2.19 bits per heavy atom. The van der Waals surface area contributed by atoms with E-state index in [-0.39, 0.29) is 0 Å². The predicted octanol–water partition coefficient (Wildman–Crippen LogP) is 6.60. The van der Waals surface area contributed by atoms with E-state index in [2.05, 4.69) is 25.1 Å². The van der Waals surface area contributed by atoms with Gasteiger partial charge in [0.1, 0.15) is 0 Å². The molecular formula is C24H35NO. The molecule has 0 atom stereocenters. The number of nitriles is 1. The standard InChI is InChI=1S/C24H35NO/c1-2-19-5-7-20(8-6-19)4-3-17-26-24-15-13-23(14-16-24)22-11-9-21(18-25)10-12-22/h9-12,19-20,23-24H,2-8,13-17H2,1H3/t19-,20-,23-,24-. The van der Waals surface area contributed by atoms with Gasteiger partial charge in [-0.2, -0.15) is 5.26 Å².